The number of imidazole rings is 2. The summed E-state index contributed by atoms with van der Waals surface area (Å²) in [5.41, 5.74) is 11.0. The Bertz CT molecular complexity index is 2540. The molecule has 0 spiro atoms. The standard InChI is InChI=1S/C29H48N7O6P.C10H17ClO2.C9H14N5O4P.H3N/c1-20(16-36-18-33-23-24(30)31-17-32-25(23)36)40-19-43(39,34-28(2,3)26(37)41-21-12-8-6-9-13-21)35-29(4,5)27(38)42-22-14-10-7-11-15-22;1-10(2,11)9(12)13-8-6-4-3-5-7-8;1-6(18-5-19(15,16)17)2-14-4-13-7-8(10)11-3-12-9(7)14;/h17-18,20-22H,6-16,19H2,1-5H3,(H2,30,31,32)(H2,34,35,39);8H,3-7H2,1-2H3;3-4,6H,2,5H2,1H3,(H2,10,11,12)(H2,15,16,17);1H3/t20-;;6-;/m1.1./s1. The Balaban J connectivity index is 0.000000308. The van der Waals surface area contributed by atoms with Gasteiger partial charge in [0.2, 0.25) is 7.44 Å². The number of carbonyl (C=O) groups excluding carboxylic acids is 3. The van der Waals surface area contributed by atoms with Gasteiger partial charge in [0.25, 0.3) is 0 Å². The summed E-state index contributed by atoms with van der Waals surface area (Å²) in [6, 6.07) is 0. The van der Waals surface area contributed by atoms with Gasteiger partial charge in [-0.05, 0) is 132 Å². The second-order valence-corrected chi connectivity index (χ2v) is 25.9. The average molecular weight is 1130 g/mol. The van der Waals surface area contributed by atoms with Crippen molar-refractivity contribution >= 4 is 78.5 Å². The van der Waals surface area contributed by atoms with E-state index < -0.39 is 61.5 Å². The second-order valence-electron chi connectivity index (χ2n) is 21.2. The number of nitrogen functional groups attached to an aromatic ring is 2. The van der Waals surface area contributed by atoms with E-state index in [9.17, 15) is 23.5 Å². The molecule has 3 fully saturated rings. The molecule has 0 aliphatic heterocycles. The smallest absolute Gasteiger partial charge is 0.350 e. The van der Waals surface area contributed by atoms with Crippen LogP contribution in [0.25, 0.3) is 22.3 Å². The molecule has 11 N–H and O–H groups in total. The van der Waals surface area contributed by atoms with Crippen molar-refractivity contribution in [2.45, 2.75) is 211 Å². The zero-order valence-corrected chi connectivity index (χ0v) is 47.9. The van der Waals surface area contributed by atoms with Gasteiger partial charge in [0, 0.05) is 0 Å². The zero-order chi connectivity index (χ0) is 55.2. The third-order valence-corrected chi connectivity index (χ3v) is 15.7. The molecule has 3 aliphatic rings. The van der Waals surface area contributed by atoms with Crippen LogP contribution in [0.1, 0.15) is 152 Å². The molecule has 0 amide bonds. The van der Waals surface area contributed by atoms with Crippen LogP contribution in [0.15, 0.2) is 25.3 Å². The monoisotopic (exact) mass is 1130 g/mol. The lowest BCUT2D eigenvalue weighted by molar-refractivity contribution is -0.156. The largest absolute Gasteiger partial charge is 0.461 e. The second kappa shape index (κ2) is 28.5. The van der Waals surface area contributed by atoms with E-state index in [4.69, 9.17) is 56.5 Å². The molecular weight excluding hydrogens is 1050 g/mol. The summed E-state index contributed by atoms with van der Waals surface area (Å²) < 4.78 is 56.8. The molecular formula is C48H82ClN13O12P2. The minimum atomic E-state index is -4.16. The molecule has 4 aromatic rings. The number of nitrogens with one attached hydrogen (secondary N) is 2. The molecule has 0 radical (unpaired) electrons. The summed E-state index contributed by atoms with van der Waals surface area (Å²) >= 11 is 5.83. The highest BCUT2D eigenvalue weighted by Crippen LogP contribution is 2.43. The number of nitrogens with two attached hydrogens (primary N) is 2. The van der Waals surface area contributed by atoms with Crippen LogP contribution in [-0.4, -0.2) is 126 Å². The van der Waals surface area contributed by atoms with E-state index in [2.05, 4.69) is 40.1 Å². The first-order valence-electron chi connectivity index (χ1n) is 25.7. The number of rotatable bonds is 20. The van der Waals surface area contributed by atoms with Gasteiger partial charge in [-0.2, -0.15) is 0 Å². The van der Waals surface area contributed by atoms with Gasteiger partial charge in [0.05, 0.1) is 38.0 Å². The number of carbonyl (C=O) groups is 3. The molecule has 428 valence electrons. The first-order valence-corrected chi connectivity index (χ1v) is 29.8. The van der Waals surface area contributed by atoms with Crippen LogP contribution in [0.2, 0.25) is 0 Å². The van der Waals surface area contributed by atoms with Crippen molar-refractivity contribution in [2.75, 3.05) is 24.2 Å². The SMILES string of the molecule is CC(C)(Cl)C(=O)OC1CCCCC1.C[C@H](Cn1cnc2c(N)ncnc21)OCP(=O)(NC(C)(C)C(=O)OC1CCCCC1)NC(C)(C)C(=O)OC1CCCCC1.C[C@H](Cn1cnc2c(N)ncnc21)OCP(=O)(O)O.N. The van der Waals surface area contributed by atoms with Crippen molar-refractivity contribution in [1.82, 2.24) is 55.4 Å². The van der Waals surface area contributed by atoms with Crippen LogP contribution in [0.4, 0.5) is 11.6 Å². The van der Waals surface area contributed by atoms with E-state index in [1.54, 1.807) is 63.9 Å². The summed E-state index contributed by atoms with van der Waals surface area (Å²) in [4.78, 5) is 79.0. The number of ether oxygens (including phenoxy) is 5. The van der Waals surface area contributed by atoms with Crippen molar-refractivity contribution in [3.8, 4) is 0 Å². The van der Waals surface area contributed by atoms with Crippen molar-refractivity contribution in [3.05, 3.63) is 25.3 Å². The molecule has 3 aliphatic carbocycles. The number of aromatic nitrogens is 8. The molecule has 4 heterocycles. The molecule has 76 heavy (non-hydrogen) atoms. The minimum Gasteiger partial charge on any atom is -0.461 e. The summed E-state index contributed by atoms with van der Waals surface area (Å²) in [6.45, 7) is 14.1. The van der Waals surface area contributed by atoms with E-state index in [1.165, 1.54) is 38.2 Å². The molecule has 2 atom stereocenters. The van der Waals surface area contributed by atoms with Gasteiger partial charge in [-0.15, -0.1) is 11.6 Å². The first-order chi connectivity index (χ1) is 35.1. The van der Waals surface area contributed by atoms with Gasteiger partial charge in [-0.1, -0.05) is 19.3 Å². The Hall–Kier alpha value is -4.42. The van der Waals surface area contributed by atoms with Crippen LogP contribution in [0, 0.1) is 0 Å². The van der Waals surface area contributed by atoms with E-state index >= 15 is 0 Å². The van der Waals surface area contributed by atoms with E-state index in [1.807, 2.05) is 6.92 Å². The number of hydrogen-bond acceptors (Lipinski definition) is 19. The molecule has 25 nitrogen and oxygen atoms in total. The summed E-state index contributed by atoms with van der Waals surface area (Å²) in [7, 11) is -7.93. The quantitative estimate of drug-likeness (QED) is 0.0195. The topological polar surface area (TPSA) is 370 Å². The van der Waals surface area contributed by atoms with Crippen molar-refractivity contribution in [2.24, 2.45) is 0 Å². The van der Waals surface area contributed by atoms with Gasteiger partial charge in [-0.25, -0.2) is 40.1 Å². The van der Waals surface area contributed by atoms with Gasteiger partial charge < -0.3 is 60.2 Å². The lowest BCUT2D eigenvalue weighted by atomic mass is 9.97. The molecule has 3 saturated carbocycles. The Morgan fingerprint density at radius 2 is 0.961 bits per heavy atom. The van der Waals surface area contributed by atoms with Crippen molar-refractivity contribution in [3.63, 3.8) is 0 Å². The number of anilines is 2. The maximum absolute atomic E-state index is 14.6. The molecule has 0 saturated heterocycles. The maximum Gasteiger partial charge on any atom is 0.350 e. The van der Waals surface area contributed by atoms with Crippen LogP contribution in [0.3, 0.4) is 0 Å². The number of halogens is 1. The Kier molecular flexibility index (Phi) is 24.0. The number of nitrogens with zero attached hydrogens (tertiary/aromatic N) is 8. The molecule has 0 unspecified atom stereocenters. The molecule has 4 aromatic heterocycles. The summed E-state index contributed by atoms with van der Waals surface area (Å²) in [5, 5.41) is 6.01. The van der Waals surface area contributed by atoms with E-state index in [0.29, 0.717) is 35.4 Å². The lowest BCUT2D eigenvalue weighted by Gasteiger charge is -2.37. The highest BCUT2D eigenvalue weighted by molar-refractivity contribution is 7.59. The van der Waals surface area contributed by atoms with Gasteiger partial charge in [-0.3, -0.25) is 23.5 Å². The van der Waals surface area contributed by atoms with Gasteiger partial charge >= 0.3 is 25.5 Å². The minimum absolute atomic E-state index is 0. The van der Waals surface area contributed by atoms with Gasteiger partial charge in [0.1, 0.15) is 70.6 Å². The van der Waals surface area contributed by atoms with Crippen LogP contribution < -0.4 is 27.8 Å². The lowest BCUT2D eigenvalue weighted by Crippen LogP contribution is -2.54. The molecule has 28 heteroatoms. The Labute approximate surface area is 450 Å². The van der Waals surface area contributed by atoms with Gasteiger partial charge in [0.15, 0.2) is 22.9 Å². The van der Waals surface area contributed by atoms with Crippen LogP contribution >= 0.6 is 26.6 Å². The van der Waals surface area contributed by atoms with Crippen molar-refractivity contribution < 1.29 is 57.0 Å². The number of alkyl halides is 1. The number of hydrogen-bond donors (Lipinski definition) is 7. The van der Waals surface area contributed by atoms with Crippen molar-refractivity contribution in [1.29, 1.82) is 0 Å². The fourth-order valence-electron chi connectivity index (χ4n) is 8.71. The highest BCUT2D eigenvalue weighted by atomic mass is 35.5. The van der Waals surface area contributed by atoms with Crippen LogP contribution in [-0.2, 0) is 60.3 Å². The summed E-state index contributed by atoms with van der Waals surface area (Å²) in [6.07, 6.45) is 19.0. The average Bonchev–Trinajstić information content (AvgIpc) is 3.96. The predicted octanol–water partition coefficient (Wildman–Crippen LogP) is 7.44. The molecule has 0 bridgehead atoms. The summed E-state index contributed by atoms with van der Waals surface area (Å²) in [5.74, 6) is -0.730. The first kappa shape index (κ1) is 64.1. The molecule has 0 aromatic carbocycles. The predicted molar refractivity (Wildman–Crippen MR) is 288 cm³/mol. The highest BCUT2D eigenvalue weighted by Gasteiger charge is 2.44. The van der Waals surface area contributed by atoms with E-state index in [0.717, 1.165) is 77.0 Å². The fraction of sp³-hybridized carbons (Fsp3) is 0.729. The molecule has 7 rings (SSSR count). The maximum atomic E-state index is 14.6. The zero-order valence-electron chi connectivity index (χ0n) is 45.3. The number of fused-ring (bicyclic) bond motifs is 2. The van der Waals surface area contributed by atoms with E-state index in [-0.39, 0.29) is 48.4 Å². The van der Waals surface area contributed by atoms with Crippen LogP contribution in [0.5, 0.6) is 0 Å². The number of esters is 3. The Morgan fingerprint density at radius 1 is 0.618 bits per heavy atom. The fourth-order valence-corrected chi connectivity index (χ4v) is 11.8. The Morgan fingerprint density at radius 3 is 1.30 bits per heavy atom. The normalized spacial score (nSPS) is 17.3. The third-order valence-electron chi connectivity index (χ3n) is 12.7. The third kappa shape index (κ3) is 20.1.